The lowest BCUT2D eigenvalue weighted by Gasteiger charge is -2.38. The zero-order valence-electron chi connectivity index (χ0n) is 19.8. The number of thiocarbonyl (C=S) groups is 1. The summed E-state index contributed by atoms with van der Waals surface area (Å²) in [7, 11) is 0. The minimum Gasteiger partial charge on any atom is -0.368 e. The van der Waals surface area contributed by atoms with E-state index in [0.29, 0.717) is 30.7 Å². The van der Waals surface area contributed by atoms with Crippen molar-refractivity contribution in [2.45, 2.75) is 20.8 Å². The van der Waals surface area contributed by atoms with Gasteiger partial charge in [-0.15, -0.1) is 0 Å². The highest BCUT2D eigenvalue weighted by Crippen LogP contribution is 2.25. The van der Waals surface area contributed by atoms with Gasteiger partial charge in [-0.1, -0.05) is 17.7 Å². The third-order valence-corrected chi connectivity index (χ3v) is 6.03. The number of hydrogen-bond donors (Lipinski definition) is 2. The summed E-state index contributed by atoms with van der Waals surface area (Å²) in [5.41, 5.74) is 4.68. The Bertz CT molecular complexity index is 1220. The fourth-order valence-electron chi connectivity index (χ4n) is 3.92. The van der Waals surface area contributed by atoms with Crippen LogP contribution in [0.5, 0.6) is 0 Å². The lowest BCUT2D eigenvalue weighted by molar-refractivity contribution is 0.385. The van der Waals surface area contributed by atoms with Crippen LogP contribution in [0.4, 0.5) is 21.7 Å². The molecule has 0 atom stereocenters. The molecule has 0 spiro atoms. The maximum Gasteiger partial charge on any atom is 0.229 e. The van der Waals surface area contributed by atoms with E-state index >= 15 is 0 Å². The Labute approximate surface area is 215 Å². The van der Waals surface area contributed by atoms with Gasteiger partial charge in [0.25, 0.3) is 0 Å². The van der Waals surface area contributed by atoms with Gasteiger partial charge in [0.2, 0.25) is 17.0 Å². The lowest BCUT2D eigenvalue weighted by atomic mass is 10.1. The fourth-order valence-corrected chi connectivity index (χ4v) is 4.29. The van der Waals surface area contributed by atoms with Crippen LogP contribution in [0.25, 0.3) is 0 Å². The highest BCUT2D eigenvalue weighted by molar-refractivity contribution is 7.80. The van der Waals surface area contributed by atoms with E-state index in [-0.39, 0.29) is 10.9 Å². The number of nitrogens with zero attached hydrogens (tertiary/aromatic N) is 5. The second kappa shape index (κ2) is 11.0. The Balaban J connectivity index is 1.54. The van der Waals surface area contributed by atoms with Crippen LogP contribution in [-0.4, -0.2) is 52.1 Å². The predicted molar refractivity (Wildman–Crippen MR) is 145 cm³/mol. The van der Waals surface area contributed by atoms with Crippen molar-refractivity contribution in [2.24, 2.45) is 4.99 Å². The fraction of sp³-hybridized carbons (Fsp3) is 0.280. The van der Waals surface area contributed by atoms with E-state index in [1.54, 1.807) is 12.1 Å². The molecule has 1 aliphatic rings. The number of halogens is 2. The van der Waals surface area contributed by atoms with Crippen molar-refractivity contribution < 1.29 is 4.39 Å². The van der Waals surface area contributed by atoms with Crippen molar-refractivity contribution in [3.05, 3.63) is 76.3 Å². The average molecular weight is 512 g/mol. The van der Waals surface area contributed by atoms with Crippen molar-refractivity contribution in [3.8, 4) is 0 Å². The van der Waals surface area contributed by atoms with E-state index in [4.69, 9.17) is 23.8 Å². The van der Waals surface area contributed by atoms with Gasteiger partial charge in [0.05, 0.1) is 0 Å². The summed E-state index contributed by atoms with van der Waals surface area (Å²) >= 11 is 11.7. The van der Waals surface area contributed by atoms with E-state index < -0.39 is 0 Å². The molecule has 1 aromatic heterocycles. The topological polar surface area (TPSA) is 68.7 Å². The molecule has 4 rings (SSSR count). The number of rotatable bonds is 3. The Kier molecular flexibility index (Phi) is 7.77. The molecule has 3 aromatic rings. The van der Waals surface area contributed by atoms with E-state index in [2.05, 4.69) is 42.3 Å². The van der Waals surface area contributed by atoms with Gasteiger partial charge in [-0.2, -0.15) is 4.99 Å². The van der Waals surface area contributed by atoms with Crippen LogP contribution in [0.3, 0.4) is 0 Å². The number of hydrogen-bond acceptors (Lipinski definition) is 4. The molecule has 0 aliphatic carbocycles. The molecule has 182 valence electrons. The maximum atomic E-state index is 13.3. The van der Waals surface area contributed by atoms with Gasteiger partial charge < -0.3 is 15.1 Å². The van der Waals surface area contributed by atoms with Crippen molar-refractivity contribution >= 4 is 52.2 Å². The monoisotopic (exact) mass is 511 g/mol. The van der Waals surface area contributed by atoms with E-state index in [1.807, 2.05) is 38.1 Å². The summed E-state index contributed by atoms with van der Waals surface area (Å²) in [4.78, 5) is 18.1. The van der Waals surface area contributed by atoms with Crippen LogP contribution in [-0.2, 0) is 0 Å². The normalized spacial score (nSPS) is 14.1. The second-order valence-corrected chi connectivity index (χ2v) is 9.20. The number of piperazine rings is 1. The number of aromatic nitrogens is 2. The van der Waals surface area contributed by atoms with Crippen molar-refractivity contribution in [1.29, 1.82) is 0 Å². The van der Waals surface area contributed by atoms with Crippen LogP contribution >= 0.6 is 23.8 Å². The van der Waals surface area contributed by atoms with Crippen LogP contribution in [0.15, 0.2) is 53.5 Å². The van der Waals surface area contributed by atoms with Gasteiger partial charge in [0.1, 0.15) is 5.82 Å². The Morgan fingerprint density at radius 1 is 0.943 bits per heavy atom. The largest absolute Gasteiger partial charge is 0.368 e. The number of nitrogens with one attached hydrogen (secondary N) is 2. The molecule has 0 amide bonds. The molecular weight excluding hydrogens is 485 g/mol. The number of benzene rings is 2. The van der Waals surface area contributed by atoms with Crippen molar-refractivity contribution in [2.75, 3.05) is 41.7 Å². The van der Waals surface area contributed by atoms with Gasteiger partial charge in [-0.25, -0.2) is 14.4 Å². The lowest BCUT2D eigenvalue weighted by Crippen LogP contribution is -2.51. The SMILES string of the molecule is Cc1cc(C)nc(N/C(=N/C(=S)Nc2ccc(F)cc2)N2CCN(c3cc(Cl)ccc3C)CC2)n1. The number of aryl methyl sites for hydroxylation is 3. The molecular formula is C25H27ClFN7S. The average Bonchev–Trinajstić information content (AvgIpc) is 2.81. The summed E-state index contributed by atoms with van der Waals surface area (Å²) in [6.07, 6.45) is 0. The summed E-state index contributed by atoms with van der Waals surface area (Å²) in [5, 5.41) is 7.27. The van der Waals surface area contributed by atoms with Crippen LogP contribution < -0.4 is 15.5 Å². The van der Waals surface area contributed by atoms with E-state index in [9.17, 15) is 4.39 Å². The predicted octanol–water partition coefficient (Wildman–Crippen LogP) is 5.18. The molecule has 10 heteroatoms. The van der Waals surface area contributed by atoms with E-state index in [1.165, 1.54) is 17.7 Å². The standard InChI is InChI=1S/C25H27ClFN7S/c1-16-4-5-19(26)15-22(16)33-10-12-34(13-11-33)24(31-23-28-17(2)14-18(3)29-23)32-25(35)30-21-8-6-20(27)7-9-21/h4-9,14-15H,10-13H2,1-3H3,(H2,28,29,30,31,32,35). The quantitative estimate of drug-likeness (QED) is 0.285. The Morgan fingerprint density at radius 3 is 2.26 bits per heavy atom. The summed E-state index contributed by atoms with van der Waals surface area (Å²) in [6, 6.07) is 13.8. The molecule has 2 N–H and O–H groups in total. The van der Waals surface area contributed by atoms with Gasteiger partial charge >= 0.3 is 0 Å². The highest BCUT2D eigenvalue weighted by atomic mass is 35.5. The minimum absolute atomic E-state index is 0.247. The molecule has 7 nitrogen and oxygen atoms in total. The molecule has 1 aliphatic heterocycles. The number of guanidine groups is 1. The summed E-state index contributed by atoms with van der Waals surface area (Å²) < 4.78 is 13.3. The molecule has 1 fully saturated rings. The van der Waals surface area contributed by atoms with Crippen LogP contribution in [0.1, 0.15) is 17.0 Å². The molecule has 0 bridgehead atoms. The zero-order chi connectivity index (χ0) is 24.9. The van der Waals surface area contributed by atoms with Gasteiger partial charge in [0.15, 0.2) is 0 Å². The van der Waals surface area contributed by atoms with Crippen LogP contribution in [0.2, 0.25) is 5.02 Å². The number of anilines is 3. The van der Waals surface area contributed by atoms with Gasteiger partial charge in [-0.05, 0) is 81.0 Å². The first-order chi connectivity index (χ1) is 16.8. The molecule has 1 saturated heterocycles. The molecule has 35 heavy (non-hydrogen) atoms. The zero-order valence-corrected chi connectivity index (χ0v) is 21.4. The first-order valence-corrected chi connectivity index (χ1v) is 12.1. The molecule has 0 saturated carbocycles. The van der Waals surface area contributed by atoms with Crippen molar-refractivity contribution in [3.63, 3.8) is 0 Å². The van der Waals surface area contributed by atoms with Gasteiger partial charge in [-0.3, -0.25) is 5.32 Å². The smallest absolute Gasteiger partial charge is 0.229 e. The Hall–Kier alpha value is -3.30. The first kappa shape index (κ1) is 24.8. The molecule has 2 aromatic carbocycles. The Morgan fingerprint density at radius 2 is 1.60 bits per heavy atom. The van der Waals surface area contributed by atoms with E-state index in [0.717, 1.165) is 35.2 Å². The molecule has 0 radical (unpaired) electrons. The van der Waals surface area contributed by atoms with Gasteiger partial charge in [0, 0.05) is 54.0 Å². The first-order valence-electron chi connectivity index (χ1n) is 11.3. The summed E-state index contributed by atoms with van der Waals surface area (Å²) in [5.74, 6) is 0.697. The third-order valence-electron chi connectivity index (χ3n) is 5.60. The molecule has 0 unspecified atom stereocenters. The third kappa shape index (κ3) is 6.64. The highest BCUT2D eigenvalue weighted by Gasteiger charge is 2.22. The van der Waals surface area contributed by atoms with Crippen molar-refractivity contribution in [1.82, 2.24) is 14.9 Å². The second-order valence-electron chi connectivity index (χ2n) is 8.38. The summed E-state index contributed by atoms with van der Waals surface area (Å²) in [6.45, 7) is 8.92. The van der Waals surface area contributed by atoms with Crippen LogP contribution in [0, 0.1) is 26.6 Å². The molecule has 2 heterocycles. The number of aliphatic imine (C=N–C) groups is 1. The minimum atomic E-state index is -0.313. The maximum absolute atomic E-state index is 13.3.